The summed E-state index contributed by atoms with van der Waals surface area (Å²) in [6, 6.07) is 7.60. The van der Waals surface area contributed by atoms with Crippen molar-refractivity contribution >= 4 is 17.5 Å². The Morgan fingerprint density at radius 3 is 2.54 bits per heavy atom. The number of hydrogen-bond donors (Lipinski definition) is 1. The van der Waals surface area contributed by atoms with E-state index in [2.05, 4.69) is 5.32 Å². The van der Waals surface area contributed by atoms with Gasteiger partial charge >= 0.3 is 0 Å². The molecule has 0 radical (unpaired) electrons. The molecule has 2 heterocycles. The van der Waals surface area contributed by atoms with Gasteiger partial charge in [0.1, 0.15) is 0 Å². The van der Waals surface area contributed by atoms with Crippen LogP contribution in [0.3, 0.4) is 0 Å². The van der Waals surface area contributed by atoms with Crippen LogP contribution < -0.4 is 5.32 Å². The van der Waals surface area contributed by atoms with Gasteiger partial charge in [-0.3, -0.25) is 9.59 Å². The van der Waals surface area contributed by atoms with Crippen LogP contribution in [0.5, 0.6) is 0 Å². The lowest BCUT2D eigenvalue weighted by Crippen LogP contribution is -2.56. The Kier molecular flexibility index (Phi) is 4.96. The Morgan fingerprint density at radius 2 is 1.85 bits per heavy atom. The summed E-state index contributed by atoms with van der Waals surface area (Å²) in [7, 11) is 0. The number of amides is 2. The molecule has 1 spiro atoms. The second-order valence-corrected chi connectivity index (χ2v) is 7.60. The van der Waals surface area contributed by atoms with Crippen molar-refractivity contribution in [1.82, 2.24) is 4.90 Å². The van der Waals surface area contributed by atoms with Crippen LogP contribution in [0.4, 0.5) is 5.69 Å². The summed E-state index contributed by atoms with van der Waals surface area (Å²) in [6.45, 7) is 3.31. The quantitative estimate of drug-likeness (QED) is 0.894. The zero-order valence-electron chi connectivity index (χ0n) is 15.0. The first-order valence-electron chi connectivity index (χ1n) is 9.53. The molecule has 2 amide bonds. The van der Waals surface area contributed by atoms with E-state index in [-0.39, 0.29) is 23.3 Å². The average molecular weight is 358 g/mol. The minimum absolute atomic E-state index is 0.101. The second kappa shape index (κ2) is 7.37. The summed E-state index contributed by atoms with van der Waals surface area (Å²) in [5, 5.41) is 2.92. The van der Waals surface area contributed by atoms with Gasteiger partial charge in [-0.2, -0.15) is 0 Å². The number of benzene rings is 1. The number of hydrogen-bond acceptors (Lipinski definition) is 4. The van der Waals surface area contributed by atoms with E-state index in [9.17, 15) is 9.59 Å². The van der Waals surface area contributed by atoms with Crippen molar-refractivity contribution in [2.75, 3.05) is 38.2 Å². The molecule has 3 aliphatic rings. The van der Waals surface area contributed by atoms with Crippen molar-refractivity contribution < 1.29 is 19.1 Å². The minimum atomic E-state index is -0.219. The molecular formula is C20H26N2O4. The van der Waals surface area contributed by atoms with Gasteiger partial charge in [-0.25, -0.2) is 0 Å². The molecule has 1 saturated carbocycles. The van der Waals surface area contributed by atoms with E-state index in [1.54, 1.807) is 0 Å². The molecule has 0 atom stereocenters. The maximum Gasteiger partial charge on any atom is 0.227 e. The Morgan fingerprint density at radius 1 is 1.12 bits per heavy atom. The highest BCUT2D eigenvalue weighted by Crippen LogP contribution is 2.31. The lowest BCUT2D eigenvalue weighted by atomic mass is 9.92. The standard InChI is InChI=1S/C20H26N2O4/c23-18(22-9-12-26-20(14-22)7-10-25-11-8-20)13-15-1-5-17(6-2-15)21-19(24)16-3-4-16/h1-2,5-6,16H,3-4,7-14H2,(H,21,24). The zero-order chi connectivity index (χ0) is 18.0. The van der Waals surface area contributed by atoms with Gasteiger partial charge in [0.25, 0.3) is 0 Å². The molecule has 140 valence electrons. The number of nitrogens with zero attached hydrogens (tertiary/aromatic N) is 1. The van der Waals surface area contributed by atoms with Gasteiger partial charge in [0.2, 0.25) is 11.8 Å². The summed E-state index contributed by atoms with van der Waals surface area (Å²) in [5.74, 6) is 0.424. The predicted molar refractivity (Wildman–Crippen MR) is 96.8 cm³/mol. The molecule has 3 fully saturated rings. The number of carbonyl (C=O) groups is 2. The van der Waals surface area contributed by atoms with E-state index in [4.69, 9.17) is 9.47 Å². The van der Waals surface area contributed by atoms with E-state index in [1.807, 2.05) is 29.2 Å². The number of nitrogens with one attached hydrogen (secondary N) is 1. The van der Waals surface area contributed by atoms with Crippen LogP contribution in [0.25, 0.3) is 0 Å². The van der Waals surface area contributed by atoms with Crippen molar-refractivity contribution in [1.29, 1.82) is 0 Å². The van der Waals surface area contributed by atoms with E-state index in [0.29, 0.717) is 39.3 Å². The third-order valence-corrected chi connectivity index (χ3v) is 5.53. The third-order valence-electron chi connectivity index (χ3n) is 5.53. The fraction of sp³-hybridized carbons (Fsp3) is 0.600. The van der Waals surface area contributed by atoms with Crippen LogP contribution in [0.15, 0.2) is 24.3 Å². The fourth-order valence-corrected chi connectivity index (χ4v) is 3.69. The molecular weight excluding hydrogens is 332 g/mol. The topological polar surface area (TPSA) is 67.9 Å². The van der Waals surface area contributed by atoms with Gasteiger partial charge in [0, 0.05) is 50.8 Å². The van der Waals surface area contributed by atoms with Gasteiger partial charge in [-0.15, -0.1) is 0 Å². The highest BCUT2D eigenvalue weighted by Gasteiger charge is 2.39. The van der Waals surface area contributed by atoms with E-state index in [1.165, 1.54) is 0 Å². The maximum absolute atomic E-state index is 12.7. The van der Waals surface area contributed by atoms with Gasteiger partial charge in [0.05, 0.1) is 18.6 Å². The molecule has 2 saturated heterocycles. The van der Waals surface area contributed by atoms with E-state index >= 15 is 0 Å². The van der Waals surface area contributed by atoms with Gasteiger partial charge in [-0.1, -0.05) is 12.1 Å². The molecule has 2 aliphatic heterocycles. The van der Waals surface area contributed by atoms with Crippen LogP contribution in [-0.4, -0.2) is 55.2 Å². The number of morpholine rings is 1. The highest BCUT2D eigenvalue weighted by molar-refractivity contribution is 5.94. The summed E-state index contributed by atoms with van der Waals surface area (Å²) >= 11 is 0. The fourth-order valence-electron chi connectivity index (χ4n) is 3.69. The molecule has 1 aromatic rings. The Labute approximate surface area is 153 Å². The summed E-state index contributed by atoms with van der Waals surface area (Å²) < 4.78 is 11.4. The monoisotopic (exact) mass is 358 g/mol. The van der Waals surface area contributed by atoms with Crippen molar-refractivity contribution in [2.24, 2.45) is 5.92 Å². The van der Waals surface area contributed by atoms with Gasteiger partial charge in [0.15, 0.2) is 0 Å². The molecule has 1 N–H and O–H groups in total. The average Bonchev–Trinajstić information content (AvgIpc) is 3.49. The van der Waals surface area contributed by atoms with Gasteiger partial charge < -0.3 is 19.7 Å². The molecule has 0 unspecified atom stereocenters. The largest absolute Gasteiger partial charge is 0.381 e. The van der Waals surface area contributed by atoms with Crippen molar-refractivity contribution in [2.45, 2.75) is 37.7 Å². The first kappa shape index (κ1) is 17.5. The molecule has 0 aromatic heterocycles. The Hall–Kier alpha value is -1.92. The van der Waals surface area contributed by atoms with E-state index < -0.39 is 0 Å². The molecule has 6 nitrogen and oxygen atoms in total. The number of rotatable bonds is 4. The molecule has 1 aromatic carbocycles. The van der Waals surface area contributed by atoms with Crippen molar-refractivity contribution in [3.8, 4) is 0 Å². The minimum Gasteiger partial charge on any atom is -0.381 e. The first-order chi connectivity index (χ1) is 12.6. The predicted octanol–water partition coefficient (Wildman–Crippen LogP) is 1.99. The molecule has 4 rings (SSSR count). The van der Waals surface area contributed by atoms with Crippen LogP contribution >= 0.6 is 0 Å². The number of carbonyl (C=O) groups excluding carboxylic acids is 2. The number of ether oxygens (including phenoxy) is 2. The zero-order valence-corrected chi connectivity index (χ0v) is 15.0. The number of anilines is 1. The molecule has 1 aliphatic carbocycles. The second-order valence-electron chi connectivity index (χ2n) is 7.60. The van der Waals surface area contributed by atoms with Crippen LogP contribution in [0, 0.1) is 5.92 Å². The molecule has 26 heavy (non-hydrogen) atoms. The van der Waals surface area contributed by atoms with Crippen molar-refractivity contribution in [3.05, 3.63) is 29.8 Å². The SMILES string of the molecule is O=C(Nc1ccc(CC(=O)N2CCOC3(CCOCC3)C2)cc1)C1CC1. The lowest BCUT2D eigenvalue weighted by Gasteiger charge is -2.44. The van der Waals surface area contributed by atoms with Crippen LogP contribution in [0.1, 0.15) is 31.2 Å². The van der Waals surface area contributed by atoms with Crippen LogP contribution in [-0.2, 0) is 25.5 Å². The highest BCUT2D eigenvalue weighted by atomic mass is 16.5. The molecule has 6 heteroatoms. The summed E-state index contributed by atoms with van der Waals surface area (Å²) in [6.07, 6.45) is 4.07. The normalized spacial score (nSPS) is 22.2. The van der Waals surface area contributed by atoms with E-state index in [0.717, 1.165) is 36.9 Å². The van der Waals surface area contributed by atoms with Gasteiger partial charge in [-0.05, 0) is 30.5 Å². The van der Waals surface area contributed by atoms with Crippen LogP contribution in [0.2, 0.25) is 0 Å². The summed E-state index contributed by atoms with van der Waals surface area (Å²) in [5.41, 5.74) is 1.54. The smallest absolute Gasteiger partial charge is 0.227 e. The third kappa shape index (κ3) is 4.07. The first-order valence-corrected chi connectivity index (χ1v) is 9.53. The summed E-state index contributed by atoms with van der Waals surface area (Å²) in [4.78, 5) is 26.5. The molecule has 0 bridgehead atoms. The van der Waals surface area contributed by atoms with Crippen molar-refractivity contribution in [3.63, 3.8) is 0 Å². The Bertz CT molecular complexity index is 657. The maximum atomic E-state index is 12.7. The lowest BCUT2D eigenvalue weighted by molar-refractivity contribution is -0.167. The Balaban J connectivity index is 1.32.